The fourth-order valence-electron chi connectivity index (χ4n) is 18.5. The summed E-state index contributed by atoms with van der Waals surface area (Å²) in [5.41, 5.74) is 11.8. The molecule has 0 radical (unpaired) electrons. The highest BCUT2D eigenvalue weighted by Gasteiger charge is 2.35. The predicted octanol–water partition coefficient (Wildman–Crippen LogP) is 22.6. The van der Waals surface area contributed by atoms with Crippen molar-refractivity contribution in [3.63, 3.8) is 0 Å². The number of likely N-dealkylation sites (tertiary alicyclic amines) is 3. The highest BCUT2D eigenvalue weighted by molar-refractivity contribution is 6.28. The number of hydrogen-bond donors (Lipinski definition) is 5. The summed E-state index contributed by atoms with van der Waals surface area (Å²) in [5, 5.41) is 12.0. The number of piperidine rings is 4. The molecule has 0 unspecified atom stereocenters. The van der Waals surface area contributed by atoms with Gasteiger partial charge >= 0.3 is 12.2 Å². The van der Waals surface area contributed by atoms with E-state index in [1.54, 1.807) is 89.6 Å². The van der Waals surface area contributed by atoms with E-state index >= 15 is 4.39 Å². The van der Waals surface area contributed by atoms with Gasteiger partial charge in [0.15, 0.2) is 69.5 Å². The smallest absolute Gasteiger partial charge is 0.410 e. The number of rotatable bonds is 14. The van der Waals surface area contributed by atoms with Gasteiger partial charge in [-0.3, -0.25) is 0 Å². The Morgan fingerprint density at radius 2 is 0.631 bits per heavy atom. The number of carbonyl (C=O) groups excluding carboxylic acids is 2. The number of likely N-dealkylation sites (N-methyl/N-ethyl adjacent to an activating group) is 4. The van der Waals surface area contributed by atoms with Gasteiger partial charge in [-0.1, -0.05) is 24.3 Å². The van der Waals surface area contributed by atoms with Crippen molar-refractivity contribution < 1.29 is 90.7 Å². The summed E-state index contributed by atoms with van der Waals surface area (Å²) in [6, 6.07) is 30.7. The van der Waals surface area contributed by atoms with Crippen LogP contribution in [-0.2, 0) is 9.47 Å². The molecule has 0 aliphatic carbocycles. The lowest BCUT2D eigenvalue weighted by Crippen LogP contribution is -2.41. The van der Waals surface area contributed by atoms with E-state index in [-0.39, 0.29) is 151 Å². The summed E-state index contributed by atoms with van der Waals surface area (Å²) in [5.74, 6) is -5.07. The van der Waals surface area contributed by atoms with Crippen molar-refractivity contribution in [2.24, 2.45) is 0 Å². The van der Waals surface area contributed by atoms with Crippen LogP contribution < -0.4 is 65.5 Å². The maximum atomic E-state index is 15.2. The van der Waals surface area contributed by atoms with Gasteiger partial charge in [-0.25, -0.2) is 102 Å². The Bertz CT molecular complexity index is 6840. The second kappa shape index (κ2) is 47.6. The van der Waals surface area contributed by atoms with Crippen molar-refractivity contribution in [3.8, 4) is 68.0 Å². The first-order valence-electron chi connectivity index (χ1n) is 48.8. The van der Waals surface area contributed by atoms with Crippen LogP contribution in [0.5, 0.6) is 23.0 Å². The molecule has 12 heterocycles. The van der Waals surface area contributed by atoms with Crippen LogP contribution in [0.1, 0.15) is 139 Å². The van der Waals surface area contributed by atoms with Crippen LogP contribution in [0, 0.1) is 69.8 Å². The number of nitrogens with zero attached hydrogens (tertiary/aromatic N) is 15. The normalized spacial score (nSPS) is 15.9. The third-order valence-electron chi connectivity index (χ3n) is 26.4. The van der Waals surface area contributed by atoms with Crippen molar-refractivity contribution >= 4 is 99.5 Å². The summed E-state index contributed by atoms with van der Waals surface area (Å²) >= 11 is 5.66. The number of nitrogens with two attached hydrogens (primary N) is 1. The average Bonchev–Trinajstić information content (AvgIpc) is 0.788. The molecule has 8 aliphatic rings. The molecular formula is C107H116Cl2F12N20O8. The molecule has 149 heavy (non-hydrogen) atoms. The number of anilines is 11. The number of carbonyl (C=O) groups is 2. The molecular weight excluding hydrogens is 1990 g/mol. The number of benzene rings is 8. The molecule has 4 fully saturated rings. The van der Waals surface area contributed by atoms with Gasteiger partial charge in [0.1, 0.15) is 83.7 Å². The number of aromatic nitrogens is 8. The zero-order valence-electron chi connectivity index (χ0n) is 84.0. The van der Waals surface area contributed by atoms with E-state index in [0.717, 1.165) is 89.5 Å². The molecule has 4 saturated heterocycles. The minimum atomic E-state index is -0.719. The Morgan fingerprint density at radius 3 is 0.926 bits per heavy atom. The summed E-state index contributed by atoms with van der Waals surface area (Å²) in [7, 11) is 9.32. The average molecular weight is 2110 g/mol. The highest BCUT2D eigenvalue weighted by atomic mass is 35.5. The molecule has 2 amide bonds. The van der Waals surface area contributed by atoms with E-state index in [4.69, 9.17) is 45.8 Å². The van der Waals surface area contributed by atoms with E-state index in [9.17, 15) is 57.9 Å². The van der Waals surface area contributed by atoms with Crippen molar-refractivity contribution in [2.45, 2.75) is 128 Å². The van der Waals surface area contributed by atoms with Gasteiger partial charge in [0.2, 0.25) is 23.1 Å². The number of amides is 2. The van der Waals surface area contributed by atoms with Gasteiger partial charge in [-0.15, -0.1) is 12.4 Å². The molecule has 20 rings (SSSR count). The molecule has 0 saturated carbocycles. The van der Waals surface area contributed by atoms with Crippen molar-refractivity contribution in [1.29, 1.82) is 0 Å². The summed E-state index contributed by atoms with van der Waals surface area (Å²) < 4.78 is 207. The van der Waals surface area contributed by atoms with E-state index in [2.05, 4.69) is 73.1 Å². The van der Waals surface area contributed by atoms with Crippen molar-refractivity contribution in [1.82, 2.24) is 59.9 Å². The number of hydrogen-bond acceptors (Lipinski definition) is 26. The lowest BCUT2D eigenvalue weighted by Gasteiger charge is -2.33. The topological polar surface area (TPSA) is 289 Å². The Balaban J connectivity index is 0.000000142. The molecule has 12 aromatic rings. The first kappa shape index (κ1) is 109. The number of fused-ring (bicyclic) bond motifs is 4. The first-order chi connectivity index (χ1) is 70.7. The fraction of sp³-hybridized carbons (Fsp3) is 0.383. The zero-order chi connectivity index (χ0) is 105. The minimum Gasteiger partial charge on any atom is -0.486 e. The number of ether oxygens (including phenoxy) is 6. The monoisotopic (exact) mass is 2110 g/mol. The quantitative estimate of drug-likeness (QED) is 0.0384. The minimum absolute atomic E-state index is 0. The number of halogens is 14. The van der Waals surface area contributed by atoms with Crippen LogP contribution in [0.25, 0.3) is 45.0 Å². The lowest BCUT2D eigenvalue weighted by molar-refractivity contribution is 0.0194. The van der Waals surface area contributed by atoms with Gasteiger partial charge in [-0.05, 0) is 281 Å². The second-order valence-corrected chi connectivity index (χ2v) is 39.6. The Labute approximate surface area is 866 Å². The molecule has 8 aromatic carbocycles. The molecule has 4 aromatic heterocycles. The van der Waals surface area contributed by atoms with E-state index < -0.39 is 63.6 Å². The summed E-state index contributed by atoms with van der Waals surface area (Å²) in [4.78, 5) is 69.3. The molecule has 0 atom stereocenters. The molecule has 42 heteroatoms. The van der Waals surface area contributed by atoms with Crippen LogP contribution in [-0.4, -0.2) is 218 Å². The Kier molecular flexibility index (Phi) is 34.8. The van der Waals surface area contributed by atoms with E-state index in [1.165, 1.54) is 48.5 Å². The standard InChI is InChI=1S/C29H32F3N5O3.C25H26F3N5O.C24H24F3N5O.C16H23FN2O2.C13H10ClF2N3O.ClH/c1-29(2,3)40-28(38)37-9-7-17(8-10-37)20-6-5-19(15-21(20)30)34-27-33-16-23(32)25(35-27)18-13-22(31)26-24(14-18)36(4)11-12-39-26;1-32-7-5-15(6-8-32)18-4-3-17(13-19(18)26)30-25-29-14-21(28)23(31-25)16-11-20(27)24-22(12-16)33(2)9-10-34-24;1-32-8-9-33-23-19(26)10-15(11-21(23)32)22-20(27)13-29-24(31-22)30-16-2-3-17(18(25)12-16)14-4-6-28-7-5-14;1-16(2,3)21-15(20)19-8-6-11(7-9-19)13-5-4-12(18)10-14(13)17;1-19-2-3-20-12-8(15)4-7(5-10(12)19)11-9(16)6-17-13(14)18-11;/h5-6,13-17H,7-12H2,1-4H3,(H,33,34,35);3-4,11-15H,5-10H2,1-2H3,(H,29,30,31);2-3,10-14,28H,4-9H2,1H3,(H,29,30,31);4-5,10-11H,6-9,18H2,1-3H3;4-6H,2-3H2,1H3;1H. The van der Waals surface area contributed by atoms with Crippen LogP contribution in [0.2, 0.25) is 5.28 Å². The van der Waals surface area contributed by atoms with E-state index in [0.29, 0.717) is 165 Å². The molecule has 8 aliphatic heterocycles. The van der Waals surface area contributed by atoms with Crippen LogP contribution in [0.4, 0.5) is 126 Å². The van der Waals surface area contributed by atoms with E-state index in [1.807, 2.05) is 82.3 Å². The van der Waals surface area contributed by atoms with Crippen LogP contribution in [0.15, 0.2) is 146 Å². The fourth-order valence-corrected chi connectivity index (χ4v) is 18.7. The Morgan fingerprint density at radius 1 is 0.356 bits per heavy atom. The Hall–Kier alpha value is -14.1. The van der Waals surface area contributed by atoms with Crippen LogP contribution >= 0.6 is 24.0 Å². The summed E-state index contributed by atoms with van der Waals surface area (Å²) in [6.07, 6.45) is 9.67. The zero-order valence-corrected chi connectivity index (χ0v) is 85.6. The predicted molar refractivity (Wildman–Crippen MR) is 551 cm³/mol. The van der Waals surface area contributed by atoms with Crippen molar-refractivity contribution in [3.05, 3.63) is 243 Å². The van der Waals surface area contributed by atoms with Crippen LogP contribution in [0.3, 0.4) is 0 Å². The second-order valence-electron chi connectivity index (χ2n) is 39.3. The maximum absolute atomic E-state index is 15.2. The molecule has 6 N–H and O–H groups in total. The molecule has 28 nitrogen and oxygen atoms in total. The molecule has 0 spiro atoms. The van der Waals surface area contributed by atoms with Crippen molar-refractivity contribution in [2.75, 3.05) is 181 Å². The third-order valence-corrected chi connectivity index (χ3v) is 26.6. The molecule has 0 bridgehead atoms. The van der Waals surface area contributed by atoms with Gasteiger partial charge in [0.25, 0.3) is 0 Å². The largest absolute Gasteiger partial charge is 0.486 e. The SMILES string of the molecule is CC(C)(C)OC(=O)N1CCC(c2ccc(N)cc2F)CC1.CN1CCC(c2ccc(Nc3ncc(F)c(-c4cc(F)c5c(c4)N(C)CCO5)n3)cc2F)CC1.CN1CCOc2c(F)cc(-c3nc(Cl)ncc3F)cc21.CN1CCOc2c(F)cc(-c3nc(Nc4ccc(C5CCN(C(=O)OC(C)(C)C)CC5)c(F)c4)ncc3F)cc21.CN1CCOc2c(F)cc(-c3nc(Nc4ccc(C5CCNCC5)c(F)c4)ncc3F)cc21.Cl. The third kappa shape index (κ3) is 27.0. The lowest BCUT2D eigenvalue weighted by atomic mass is 9.89. The van der Waals surface area contributed by atoms with Gasteiger partial charge in [0.05, 0.1) is 73.7 Å². The number of nitrogen functional groups attached to an aromatic ring is 1. The van der Waals surface area contributed by atoms with Gasteiger partial charge in [0, 0.05) is 99.4 Å². The molecule has 790 valence electrons. The van der Waals surface area contributed by atoms with Gasteiger partial charge in [-0.2, -0.15) is 0 Å². The number of nitrogens with one attached hydrogen (secondary N) is 4. The summed E-state index contributed by atoms with van der Waals surface area (Å²) in [6.45, 7) is 20.7. The first-order valence-corrected chi connectivity index (χ1v) is 49.1. The van der Waals surface area contributed by atoms with Gasteiger partial charge < -0.3 is 89.7 Å². The maximum Gasteiger partial charge on any atom is 0.410 e. The highest BCUT2D eigenvalue weighted by Crippen LogP contribution is 2.46.